The van der Waals surface area contributed by atoms with E-state index in [1.165, 1.54) is 0 Å². The Labute approximate surface area is 108 Å². The summed E-state index contributed by atoms with van der Waals surface area (Å²) in [6, 6.07) is 0. The normalized spacial score (nSPS) is 38.3. The van der Waals surface area contributed by atoms with Crippen LogP contribution in [0.1, 0.15) is 44.9 Å². The zero-order valence-electron chi connectivity index (χ0n) is 10.9. The van der Waals surface area contributed by atoms with Crippen molar-refractivity contribution in [3.8, 4) is 0 Å². The molecule has 0 radical (unpaired) electrons. The van der Waals surface area contributed by atoms with Gasteiger partial charge < -0.3 is 15.0 Å². The fourth-order valence-corrected chi connectivity index (χ4v) is 3.99. The Morgan fingerprint density at radius 1 is 1.17 bits per heavy atom. The molecule has 1 N–H and O–H groups in total. The van der Waals surface area contributed by atoms with E-state index in [4.69, 9.17) is 0 Å². The van der Waals surface area contributed by atoms with Gasteiger partial charge in [0, 0.05) is 24.0 Å². The topological polar surface area (TPSA) is 49.4 Å². The molecule has 0 atom stereocenters. The molecule has 1 aliphatic heterocycles. The molecular weight excluding hydrogens is 228 g/mol. The first-order valence-corrected chi connectivity index (χ1v) is 7.16. The smallest absolute Gasteiger partial charge is 0.236 e. The molecule has 3 fully saturated rings. The van der Waals surface area contributed by atoms with Crippen LogP contribution in [0.25, 0.3) is 0 Å². The maximum Gasteiger partial charge on any atom is 0.236 e. The zero-order chi connectivity index (χ0) is 12.6. The van der Waals surface area contributed by atoms with Gasteiger partial charge in [0.1, 0.15) is 6.29 Å². The van der Waals surface area contributed by atoms with Crippen LogP contribution in [0.3, 0.4) is 0 Å². The van der Waals surface area contributed by atoms with Gasteiger partial charge in [-0.15, -0.1) is 0 Å². The summed E-state index contributed by atoms with van der Waals surface area (Å²) in [6.45, 7) is 2.30. The second-order valence-electron chi connectivity index (χ2n) is 6.38. The number of aldehydes is 1. The number of carbonyl (C=O) groups is 2. The molecule has 0 aromatic carbocycles. The lowest BCUT2D eigenvalue weighted by Crippen LogP contribution is -2.47. The quantitative estimate of drug-likeness (QED) is 0.760. The Balaban J connectivity index is 1.55. The zero-order valence-corrected chi connectivity index (χ0v) is 10.9. The minimum absolute atomic E-state index is 0.0658. The van der Waals surface area contributed by atoms with Crippen LogP contribution in [0, 0.1) is 5.41 Å². The third-order valence-corrected chi connectivity index (χ3v) is 5.22. The lowest BCUT2D eigenvalue weighted by molar-refractivity contribution is -0.129. The first-order valence-electron chi connectivity index (χ1n) is 7.16. The molecular formula is C14H22N2O2. The number of carbonyl (C=O) groups excluding carboxylic acids is 2. The summed E-state index contributed by atoms with van der Waals surface area (Å²) >= 11 is 0. The number of amides is 1. The van der Waals surface area contributed by atoms with E-state index in [1.807, 2.05) is 4.90 Å². The number of nitrogens with one attached hydrogen (secondary N) is 1. The molecule has 0 spiro atoms. The summed E-state index contributed by atoms with van der Waals surface area (Å²) < 4.78 is 0. The summed E-state index contributed by atoms with van der Waals surface area (Å²) in [5, 5.41) is 3.47. The largest absolute Gasteiger partial charge is 0.342 e. The molecule has 2 aliphatic carbocycles. The van der Waals surface area contributed by atoms with E-state index < -0.39 is 0 Å². The first kappa shape index (κ1) is 12.2. The highest BCUT2D eigenvalue weighted by Crippen LogP contribution is 2.55. The van der Waals surface area contributed by atoms with Crippen LogP contribution in [-0.2, 0) is 9.59 Å². The van der Waals surface area contributed by atoms with Gasteiger partial charge in [-0.05, 0) is 44.9 Å². The van der Waals surface area contributed by atoms with Crippen LogP contribution in [0.5, 0.6) is 0 Å². The van der Waals surface area contributed by atoms with Crippen molar-refractivity contribution >= 4 is 12.2 Å². The Hall–Kier alpha value is -0.900. The van der Waals surface area contributed by atoms with E-state index in [2.05, 4.69) is 5.32 Å². The minimum atomic E-state index is -0.0658. The van der Waals surface area contributed by atoms with E-state index in [-0.39, 0.29) is 16.9 Å². The molecule has 1 heterocycles. The molecule has 4 heteroatoms. The average molecular weight is 250 g/mol. The van der Waals surface area contributed by atoms with Crippen molar-refractivity contribution in [1.29, 1.82) is 0 Å². The van der Waals surface area contributed by atoms with E-state index in [1.54, 1.807) is 0 Å². The molecule has 4 nitrogen and oxygen atoms in total. The van der Waals surface area contributed by atoms with Gasteiger partial charge in [0.05, 0.1) is 6.54 Å². The average Bonchev–Trinajstić information content (AvgIpc) is 3.11. The molecule has 2 bridgehead atoms. The van der Waals surface area contributed by atoms with Crippen molar-refractivity contribution in [2.45, 2.75) is 50.5 Å². The lowest BCUT2D eigenvalue weighted by Gasteiger charge is -2.29. The third-order valence-electron chi connectivity index (χ3n) is 5.22. The van der Waals surface area contributed by atoms with Gasteiger partial charge in [-0.25, -0.2) is 0 Å². The number of hydrogen-bond donors (Lipinski definition) is 1. The van der Waals surface area contributed by atoms with E-state index in [0.29, 0.717) is 6.54 Å². The van der Waals surface area contributed by atoms with E-state index >= 15 is 0 Å². The second-order valence-corrected chi connectivity index (χ2v) is 6.38. The number of nitrogens with zero attached hydrogens (tertiary/aromatic N) is 1. The van der Waals surface area contributed by atoms with Gasteiger partial charge in [-0.3, -0.25) is 4.79 Å². The molecule has 1 amide bonds. The van der Waals surface area contributed by atoms with Crippen LogP contribution >= 0.6 is 0 Å². The van der Waals surface area contributed by atoms with Crippen molar-refractivity contribution in [3.63, 3.8) is 0 Å². The van der Waals surface area contributed by atoms with Crippen molar-refractivity contribution < 1.29 is 9.59 Å². The van der Waals surface area contributed by atoms with Crippen LogP contribution in [-0.4, -0.2) is 42.3 Å². The summed E-state index contributed by atoms with van der Waals surface area (Å²) in [5.41, 5.74) is 0.0139. The van der Waals surface area contributed by atoms with Crippen LogP contribution < -0.4 is 5.32 Å². The Morgan fingerprint density at radius 3 is 2.39 bits per heavy atom. The molecule has 100 valence electrons. The van der Waals surface area contributed by atoms with Crippen molar-refractivity contribution in [2.24, 2.45) is 5.41 Å². The van der Waals surface area contributed by atoms with Crippen molar-refractivity contribution in [2.75, 3.05) is 19.6 Å². The third kappa shape index (κ3) is 1.96. The number of rotatable bonds is 4. The van der Waals surface area contributed by atoms with Crippen molar-refractivity contribution in [3.05, 3.63) is 0 Å². The summed E-state index contributed by atoms with van der Waals surface area (Å²) in [4.78, 5) is 25.1. The van der Waals surface area contributed by atoms with Crippen molar-refractivity contribution in [1.82, 2.24) is 10.2 Å². The minimum Gasteiger partial charge on any atom is -0.342 e. The van der Waals surface area contributed by atoms with Gasteiger partial charge in [0.15, 0.2) is 0 Å². The summed E-state index contributed by atoms with van der Waals surface area (Å²) in [5.74, 6) is 0.234. The summed E-state index contributed by atoms with van der Waals surface area (Å²) in [7, 11) is 0. The summed E-state index contributed by atoms with van der Waals surface area (Å²) in [6.07, 6.45) is 8.50. The van der Waals surface area contributed by atoms with Gasteiger partial charge in [0.2, 0.25) is 5.91 Å². The Morgan fingerprint density at radius 2 is 1.83 bits per heavy atom. The molecule has 3 aliphatic rings. The van der Waals surface area contributed by atoms with E-state index in [9.17, 15) is 9.59 Å². The first-order chi connectivity index (χ1) is 8.67. The molecule has 0 unspecified atom stereocenters. The number of fused-ring (bicyclic) bond motifs is 2. The standard InChI is InChI=1S/C14H22N2O2/c17-11-13-3-5-14(10-13,6-4-13)15-9-12(18)16-7-1-2-8-16/h11,15H,1-10H2. The molecule has 0 aromatic rings. The van der Waals surface area contributed by atoms with Crippen LogP contribution in [0.15, 0.2) is 0 Å². The highest BCUT2D eigenvalue weighted by atomic mass is 16.2. The Bertz CT molecular complexity index is 353. The van der Waals surface area contributed by atoms with Gasteiger partial charge in [-0.2, -0.15) is 0 Å². The predicted octanol–water partition coefficient (Wildman–Crippen LogP) is 1.10. The lowest BCUT2D eigenvalue weighted by atomic mass is 9.86. The van der Waals surface area contributed by atoms with Crippen LogP contribution in [0.2, 0.25) is 0 Å². The molecule has 18 heavy (non-hydrogen) atoms. The molecule has 0 aromatic heterocycles. The highest BCUT2D eigenvalue weighted by Gasteiger charge is 2.54. The van der Waals surface area contributed by atoms with Gasteiger partial charge in [-0.1, -0.05) is 0 Å². The molecule has 1 saturated heterocycles. The Kier molecular flexibility index (Phi) is 2.93. The maximum atomic E-state index is 12.0. The molecule has 2 saturated carbocycles. The SMILES string of the molecule is O=CC12CCC(NCC(=O)N3CCCC3)(CC1)C2. The van der Waals surface area contributed by atoms with Gasteiger partial charge in [0.25, 0.3) is 0 Å². The maximum absolute atomic E-state index is 12.0. The molecule has 3 rings (SSSR count). The van der Waals surface area contributed by atoms with Crippen LogP contribution in [0.4, 0.5) is 0 Å². The number of hydrogen-bond acceptors (Lipinski definition) is 3. The fraction of sp³-hybridized carbons (Fsp3) is 0.857. The monoisotopic (exact) mass is 250 g/mol. The second kappa shape index (κ2) is 4.34. The highest BCUT2D eigenvalue weighted by molar-refractivity contribution is 5.78. The predicted molar refractivity (Wildman–Crippen MR) is 68.1 cm³/mol. The number of likely N-dealkylation sites (tertiary alicyclic amines) is 1. The van der Waals surface area contributed by atoms with Gasteiger partial charge >= 0.3 is 0 Å². The fourth-order valence-electron chi connectivity index (χ4n) is 3.99. The van der Waals surface area contributed by atoms with E-state index in [0.717, 1.165) is 64.3 Å².